The molecule has 0 radical (unpaired) electrons. The van der Waals surface area contributed by atoms with Crippen LogP contribution in [-0.2, 0) is 5.41 Å². The zero-order valence-electron chi connectivity index (χ0n) is 33.6. The molecule has 3 heteroatoms. The second kappa shape index (κ2) is 13.4. The highest BCUT2D eigenvalue weighted by atomic mass is 16.6. The summed E-state index contributed by atoms with van der Waals surface area (Å²) < 4.78 is 13.8. The quantitative estimate of drug-likeness (QED) is 0.173. The molecule has 10 aromatic carbocycles. The van der Waals surface area contributed by atoms with Gasteiger partial charge in [0, 0.05) is 17.1 Å². The van der Waals surface area contributed by atoms with Gasteiger partial charge in [-0.1, -0.05) is 176 Å². The second-order valence-electron chi connectivity index (χ2n) is 16.4. The molecule has 1 heterocycles. The zero-order valence-corrected chi connectivity index (χ0v) is 33.6. The Morgan fingerprint density at radius 1 is 0.306 bits per heavy atom. The molecule has 0 atom stereocenters. The third kappa shape index (κ3) is 5.06. The van der Waals surface area contributed by atoms with Gasteiger partial charge >= 0.3 is 0 Å². The molecule has 10 aromatic rings. The van der Waals surface area contributed by atoms with Gasteiger partial charge in [-0.15, -0.1) is 0 Å². The lowest BCUT2D eigenvalue weighted by atomic mass is 9.70. The lowest BCUT2D eigenvalue weighted by Gasteiger charge is -2.31. The Morgan fingerprint density at radius 3 is 1.47 bits per heavy atom. The van der Waals surface area contributed by atoms with Crippen molar-refractivity contribution in [1.29, 1.82) is 0 Å². The maximum atomic E-state index is 7.00. The van der Waals surface area contributed by atoms with Gasteiger partial charge in [0.2, 0.25) is 0 Å². The Labute approximate surface area is 360 Å². The number of hydrogen-bond acceptors (Lipinski definition) is 3. The van der Waals surface area contributed by atoms with Crippen LogP contribution in [0.1, 0.15) is 22.3 Å². The summed E-state index contributed by atoms with van der Waals surface area (Å²) >= 11 is 0. The molecule has 13 rings (SSSR count). The topological polar surface area (TPSA) is 21.7 Å². The van der Waals surface area contributed by atoms with Crippen LogP contribution < -0.4 is 14.4 Å². The van der Waals surface area contributed by atoms with Crippen LogP contribution in [0.15, 0.2) is 224 Å². The van der Waals surface area contributed by atoms with Gasteiger partial charge in [-0.3, -0.25) is 0 Å². The predicted octanol–water partition coefficient (Wildman–Crippen LogP) is 15.9. The van der Waals surface area contributed by atoms with Gasteiger partial charge in [-0.2, -0.15) is 0 Å². The molecule has 0 saturated heterocycles. The summed E-state index contributed by atoms with van der Waals surface area (Å²) in [5.74, 6) is 2.79. The summed E-state index contributed by atoms with van der Waals surface area (Å²) in [4.78, 5) is 2.32. The Kier molecular flexibility index (Phi) is 7.52. The number of nitrogens with zero attached hydrogens (tertiary/aromatic N) is 1. The Balaban J connectivity index is 0.913. The highest BCUT2D eigenvalue weighted by Crippen LogP contribution is 2.64. The van der Waals surface area contributed by atoms with E-state index in [1.807, 2.05) is 6.07 Å². The maximum Gasteiger partial charge on any atom is 0.172 e. The van der Waals surface area contributed by atoms with Gasteiger partial charge in [0.25, 0.3) is 0 Å². The van der Waals surface area contributed by atoms with Gasteiger partial charge in [-0.25, -0.2) is 0 Å². The Morgan fingerprint density at radius 2 is 0.790 bits per heavy atom. The summed E-state index contributed by atoms with van der Waals surface area (Å²) in [5.41, 5.74) is 17.4. The van der Waals surface area contributed by atoms with Crippen molar-refractivity contribution in [3.63, 3.8) is 0 Å². The largest absolute Gasteiger partial charge is 0.449 e. The first-order chi connectivity index (χ1) is 30.7. The van der Waals surface area contributed by atoms with Gasteiger partial charge in [0.1, 0.15) is 0 Å². The monoisotopic (exact) mass is 791 g/mol. The van der Waals surface area contributed by atoms with E-state index in [9.17, 15) is 0 Å². The van der Waals surface area contributed by atoms with Crippen LogP contribution in [0.4, 0.5) is 17.1 Å². The molecule has 0 fully saturated rings. The molecule has 0 bridgehead atoms. The number of benzene rings is 10. The van der Waals surface area contributed by atoms with Crippen molar-refractivity contribution in [2.75, 3.05) is 4.90 Å². The van der Waals surface area contributed by atoms with Crippen LogP contribution in [0, 0.1) is 0 Å². The average Bonchev–Trinajstić information content (AvgIpc) is 3.80. The van der Waals surface area contributed by atoms with Crippen LogP contribution >= 0.6 is 0 Å². The van der Waals surface area contributed by atoms with Crippen molar-refractivity contribution in [3.8, 4) is 67.5 Å². The van der Waals surface area contributed by atoms with Gasteiger partial charge in [-0.05, 0) is 115 Å². The Hall–Kier alpha value is -8.14. The summed E-state index contributed by atoms with van der Waals surface area (Å²) in [6.07, 6.45) is 0. The van der Waals surface area contributed by atoms with E-state index in [-0.39, 0.29) is 0 Å². The van der Waals surface area contributed by atoms with E-state index in [1.54, 1.807) is 0 Å². The fourth-order valence-electron chi connectivity index (χ4n) is 10.4. The highest BCUT2D eigenvalue weighted by Gasteiger charge is 2.52. The number of fused-ring (bicyclic) bond motifs is 13. The molecule has 1 aliphatic heterocycles. The highest BCUT2D eigenvalue weighted by molar-refractivity contribution is 6.00. The van der Waals surface area contributed by atoms with Gasteiger partial charge in [0.15, 0.2) is 23.0 Å². The average molecular weight is 792 g/mol. The fraction of sp³-hybridized carbons (Fsp3) is 0.0169. The number of hydrogen-bond donors (Lipinski definition) is 0. The molecule has 0 N–H and O–H groups in total. The van der Waals surface area contributed by atoms with E-state index in [0.29, 0.717) is 23.0 Å². The molecule has 0 aromatic heterocycles. The van der Waals surface area contributed by atoms with E-state index in [0.717, 1.165) is 28.0 Å². The van der Waals surface area contributed by atoms with Crippen LogP contribution in [0.2, 0.25) is 0 Å². The fourth-order valence-corrected chi connectivity index (χ4v) is 10.4. The minimum absolute atomic E-state index is 0.471. The summed E-state index contributed by atoms with van der Waals surface area (Å²) in [7, 11) is 0. The van der Waals surface area contributed by atoms with Crippen LogP contribution in [0.5, 0.6) is 23.0 Å². The van der Waals surface area contributed by atoms with E-state index in [2.05, 4.69) is 223 Å². The minimum atomic E-state index is -0.471. The second-order valence-corrected chi connectivity index (χ2v) is 16.4. The first-order valence-electron chi connectivity index (χ1n) is 21.2. The van der Waals surface area contributed by atoms with Crippen molar-refractivity contribution in [1.82, 2.24) is 0 Å². The molecule has 0 unspecified atom stereocenters. The molecular weight excluding hydrogens is 755 g/mol. The summed E-state index contributed by atoms with van der Waals surface area (Å²) in [5, 5.41) is 2.34. The number of rotatable bonds is 5. The SMILES string of the molecule is c1ccc(-c2ccc(-c3ccc(N(c4ccc5c(c4)Oc4cc6c(cc4O5)-c4ccccc4C64c5ccccc5-c5ccccc54)c4cccc5ccccc45)cc3)cc2)cc1. The minimum Gasteiger partial charge on any atom is -0.449 e. The lowest BCUT2D eigenvalue weighted by Crippen LogP contribution is -2.25. The maximum absolute atomic E-state index is 7.00. The van der Waals surface area contributed by atoms with Gasteiger partial charge in [0.05, 0.1) is 16.8 Å². The van der Waals surface area contributed by atoms with E-state index < -0.39 is 5.41 Å². The Bertz CT molecular complexity index is 3360. The van der Waals surface area contributed by atoms with Crippen LogP contribution in [0.3, 0.4) is 0 Å². The van der Waals surface area contributed by atoms with E-state index in [1.165, 1.54) is 66.6 Å². The van der Waals surface area contributed by atoms with Crippen molar-refractivity contribution < 1.29 is 9.47 Å². The molecule has 290 valence electrons. The van der Waals surface area contributed by atoms with Crippen LogP contribution in [-0.4, -0.2) is 0 Å². The molecule has 1 spiro atoms. The molecule has 0 amide bonds. The van der Waals surface area contributed by atoms with E-state index >= 15 is 0 Å². The molecular formula is C59H37NO2. The predicted molar refractivity (Wildman–Crippen MR) is 252 cm³/mol. The first-order valence-corrected chi connectivity index (χ1v) is 21.2. The van der Waals surface area contributed by atoms with Crippen molar-refractivity contribution in [2.45, 2.75) is 5.41 Å². The van der Waals surface area contributed by atoms with Crippen LogP contribution in [0.25, 0.3) is 55.3 Å². The molecule has 62 heavy (non-hydrogen) atoms. The standard InChI is InChI=1S/C59H37NO2/c1-2-13-38(14-3-1)39-25-27-40(28-26-39)41-29-31-43(32-30-41)60(54-24-12-16-42-15-4-5-17-45(42)54)44-33-34-55-56(35-44)62-58-37-53-49(36-57(58)61-55)48-20-8-11-23-52(48)59(53)50-21-9-6-18-46(50)47-19-7-10-22-51(47)59/h1-37H. The first kappa shape index (κ1) is 34.7. The third-order valence-electron chi connectivity index (χ3n) is 13.1. The third-order valence-corrected chi connectivity index (χ3v) is 13.1. The summed E-state index contributed by atoms with van der Waals surface area (Å²) in [6, 6.07) is 80.6. The van der Waals surface area contributed by atoms with E-state index in [4.69, 9.17) is 9.47 Å². The smallest absolute Gasteiger partial charge is 0.172 e. The molecule has 2 aliphatic carbocycles. The number of ether oxygens (including phenoxy) is 2. The zero-order chi connectivity index (χ0) is 40.8. The normalized spacial score (nSPS) is 13.2. The molecule has 3 aliphatic rings. The van der Waals surface area contributed by atoms with Crippen molar-refractivity contribution >= 4 is 27.8 Å². The van der Waals surface area contributed by atoms with Crippen molar-refractivity contribution in [2.24, 2.45) is 0 Å². The summed E-state index contributed by atoms with van der Waals surface area (Å²) in [6.45, 7) is 0. The molecule has 0 saturated carbocycles. The van der Waals surface area contributed by atoms with Crippen molar-refractivity contribution in [3.05, 3.63) is 247 Å². The van der Waals surface area contributed by atoms with Gasteiger partial charge < -0.3 is 14.4 Å². The number of anilines is 3. The molecule has 3 nitrogen and oxygen atoms in total. The lowest BCUT2D eigenvalue weighted by molar-refractivity contribution is 0.359.